The van der Waals surface area contributed by atoms with Crippen LogP contribution in [0.2, 0.25) is 0 Å². The number of carbonyl (C=O) groups excluding carboxylic acids is 1. The van der Waals surface area contributed by atoms with Gasteiger partial charge in [0.2, 0.25) is 15.9 Å². The summed E-state index contributed by atoms with van der Waals surface area (Å²) in [5, 5.41) is 3.39. The van der Waals surface area contributed by atoms with Crippen molar-refractivity contribution in [3.63, 3.8) is 0 Å². The third-order valence-electron chi connectivity index (χ3n) is 5.16. The van der Waals surface area contributed by atoms with Crippen LogP contribution in [0.5, 0.6) is 0 Å². The first-order chi connectivity index (χ1) is 13.9. The SMILES string of the molecule is Cc1ccc(S(=O)(=O)N2CCCCC2CC(=O)Nc2nc3ccccc3s2)cc1. The molecule has 0 spiro atoms. The molecule has 0 saturated carbocycles. The Labute approximate surface area is 174 Å². The molecular weight excluding hydrogens is 406 g/mol. The average Bonchev–Trinajstić information content (AvgIpc) is 3.10. The fraction of sp³-hybridized carbons (Fsp3) is 0.333. The second-order valence-corrected chi connectivity index (χ2v) is 10.2. The average molecular weight is 430 g/mol. The van der Waals surface area contributed by atoms with E-state index >= 15 is 0 Å². The quantitative estimate of drug-likeness (QED) is 0.660. The molecule has 1 aromatic heterocycles. The van der Waals surface area contributed by atoms with E-state index < -0.39 is 10.0 Å². The Morgan fingerprint density at radius 3 is 2.69 bits per heavy atom. The molecule has 3 aromatic rings. The van der Waals surface area contributed by atoms with E-state index in [1.165, 1.54) is 15.6 Å². The van der Waals surface area contributed by atoms with E-state index in [0.717, 1.165) is 28.6 Å². The van der Waals surface area contributed by atoms with Crippen LogP contribution >= 0.6 is 11.3 Å². The van der Waals surface area contributed by atoms with Gasteiger partial charge in [0.1, 0.15) is 0 Å². The summed E-state index contributed by atoms with van der Waals surface area (Å²) in [7, 11) is -3.63. The summed E-state index contributed by atoms with van der Waals surface area (Å²) < 4.78 is 28.8. The summed E-state index contributed by atoms with van der Waals surface area (Å²) in [4.78, 5) is 17.3. The van der Waals surface area contributed by atoms with Gasteiger partial charge in [-0.15, -0.1) is 0 Å². The summed E-state index contributed by atoms with van der Waals surface area (Å²) in [5.74, 6) is -0.208. The van der Waals surface area contributed by atoms with Crippen LogP contribution in [-0.2, 0) is 14.8 Å². The largest absolute Gasteiger partial charge is 0.302 e. The van der Waals surface area contributed by atoms with Gasteiger partial charge in [-0.25, -0.2) is 13.4 Å². The van der Waals surface area contributed by atoms with E-state index in [2.05, 4.69) is 10.3 Å². The predicted molar refractivity (Wildman–Crippen MR) is 116 cm³/mol. The van der Waals surface area contributed by atoms with E-state index in [0.29, 0.717) is 18.1 Å². The van der Waals surface area contributed by atoms with Crippen LogP contribution in [0.25, 0.3) is 10.2 Å². The minimum absolute atomic E-state index is 0.126. The second-order valence-electron chi connectivity index (χ2n) is 7.32. The number of aromatic nitrogens is 1. The van der Waals surface area contributed by atoms with Crippen LogP contribution < -0.4 is 5.32 Å². The number of thiazole rings is 1. The molecule has 1 aliphatic rings. The summed E-state index contributed by atoms with van der Waals surface area (Å²) in [5.41, 5.74) is 1.85. The lowest BCUT2D eigenvalue weighted by molar-refractivity contribution is -0.117. The van der Waals surface area contributed by atoms with Crippen molar-refractivity contribution in [2.45, 2.75) is 43.5 Å². The minimum atomic E-state index is -3.63. The second kappa shape index (κ2) is 8.22. The Morgan fingerprint density at radius 2 is 1.93 bits per heavy atom. The first-order valence-electron chi connectivity index (χ1n) is 9.67. The number of benzene rings is 2. The van der Waals surface area contributed by atoms with Crippen molar-refractivity contribution in [1.82, 2.24) is 9.29 Å². The fourth-order valence-electron chi connectivity index (χ4n) is 3.65. The number of sulfonamides is 1. The van der Waals surface area contributed by atoms with Gasteiger partial charge in [0.25, 0.3) is 0 Å². The molecule has 6 nitrogen and oxygen atoms in total. The highest BCUT2D eigenvalue weighted by Gasteiger charge is 2.34. The number of amides is 1. The number of rotatable bonds is 5. The van der Waals surface area contributed by atoms with Gasteiger partial charge in [-0.05, 0) is 44.0 Å². The first-order valence-corrected chi connectivity index (χ1v) is 11.9. The zero-order valence-corrected chi connectivity index (χ0v) is 17.8. The fourth-order valence-corrected chi connectivity index (χ4v) is 6.22. The monoisotopic (exact) mass is 429 g/mol. The number of para-hydroxylation sites is 1. The number of nitrogens with zero attached hydrogens (tertiary/aromatic N) is 2. The van der Waals surface area contributed by atoms with Crippen molar-refractivity contribution in [3.05, 3.63) is 54.1 Å². The third-order valence-corrected chi connectivity index (χ3v) is 8.08. The van der Waals surface area contributed by atoms with Gasteiger partial charge in [0, 0.05) is 19.0 Å². The van der Waals surface area contributed by atoms with Crippen LogP contribution in [0.4, 0.5) is 5.13 Å². The van der Waals surface area contributed by atoms with E-state index in [1.54, 1.807) is 24.3 Å². The molecule has 0 aliphatic carbocycles. The molecule has 8 heteroatoms. The van der Waals surface area contributed by atoms with Gasteiger partial charge in [0.05, 0.1) is 15.1 Å². The van der Waals surface area contributed by atoms with Gasteiger partial charge in [0.15, 0.2) is 5.13 Å². The normalized spacial score (nSPS) is 18.0. The minimum Gasteiger partial charge on any atom is -0.302 e. The number of fused-ring (bicyclic) bond motifs is 1. The third kappa shape index (κ3) is 4.34. The van der Waals surface area contributed by atoms with Crippen LogP contribution in [0.3, 0.4) is 0 Å². The van der Waals surface area contributed by atoms with Crippen molar-refractivity contribution in [3.8, 4) is 0 Å². The van der Waals surface area contributed by atoms with Crippen molar-refractivity contribution in [2.24, 2.45) is 0 Å². The summed E-state index contributed by atoms with van der Waals surface area (Å²) in [6.45, 7) is 2.36. The van der Waals surface area contributed by atoms with Crippen molar-refractivity contribution in [1.29, 1.82) is 0 Å². The topological polar surface area (TPSA) is 79.4 Å². The predicted octanol–water partition coefficient (Wildman–Crippen LogP) is 4.18. The molecule has 29 heavy (non-hydrogen) atoms. The van der Waals surface area contributed by atoms with Gasteiger partial charge >= 0.3 is 0 Å². The Kier molecular flexibility index (Phi) is 5.67. The molecule has 1 unspecified atom stereocenters. The molecular formula is C21H23N3O3S2. The van der Waals surface area contributed by atoms with E-state index in [-0.39, 0.29) is 23.3 Å². The Morgan fingerprint density at radius 1 is 1.17 bits per heavy atom. The number of nitrogens with one attached hydrogen (secondary N) is 1. The van der Waals surface area contributed by atoms with Gasteiger partial charge in [-0.1, -0.05) is 47.6 Å². The zero-order chi connectivity index (χ0) is 20.4. The maximum atomic E-state index is 13.2. The molecule has 4 rings (SSSR count). The van der Waals surface area contributed by atoms with E-state index in [4.69, 9.17) is 0 Å². The number of hydrogen-bond donors (Lipinski definition) is 1. The summed E-state index contributed by atoms with van der Waals surface area (Å²) in [6.07, 6.45) is 2.53. The highest BCUT2D eigenvalue weighted by atomic mass is 32.2. The lowest BCUT2D eigenvalue weighted by atomic mass is 10.0. The van der Waals surface area contributed by atoms with Gasteiger partial charge in [-0.3, -0.25) is 4.79 Å². The highest BCUT2D eigenvalue weighted by molar-refractivity contribution is 7.89. The zero-order valence-electron chi connectivity index (χ0n) is 16.2. The smallest absolute Gasteiger partial charge is 0.243 e. The Bertz CT molecular complexity index is 1090. The summed E-state index contributed by atoms with van der Waals surface area (Å²) in [6, 6.07) is 14.2. The maximum Gasteiger partial charge on any atom is 0.243 e. The van der Waals surface area contributed by atoms with Crippen LogP contribution in [-0.4, -0.2) is 36.2 Å². The number of hydrogen-bond acceptors (Lipinski definition) is 5. The lowest BCUT2D eigenvalue weighted by Gasteiger charge is -2.34. The van der Waals surface area contributed by atoms with Crippen molar-refractivity contribution < 1.29 is 13.2 Å². The van der Waals surface area contributed by atoms with Crippen molar-refractivity contribution in [2.75, 3.05) is 11.9 Å². The van der Waals surface area contributed by atoms with Crippen LogP contribution in [0, 0.1) is 6.92 Å². The van der Waals surface area contributed by atoms with Crippen LogP contribution in [0.1, 0.15) is 31.2 Å². The molecule has 2 aromatic carbocycles. The van der Waals surface area contributed by atoms with E-state index in [1.807, 2.05) is 31.2 Å². The van der Waals surface area contributed by atoms with Gasteiger partial charge in [-0.2, -0.15) is 4.31 Å². The van der Waals surface area contributed by atoms with Crippen LogP contribution in [0.15, 0.2) is 53.4 Å². The molecule has 1 amide bonds. The lowest BCUT2D eigenvalue weighted by Crippen LogP contribution is -2.45. The maximum absolute atomic E-state index is 13.2. The number of piperidine rings is 1. The number of aryl methyl sites for hydroxylation is 1. The molecule has 1 N–H and O–H groups in total. The van der Waals surface area contributed by atoms with Gasteiger partial charge < -0.3 is 5.32 Å². The molecule has 0 bridgehead atoms. The van der Waals surface area contributed by atoms with Crippen molar-refractivity contribution >= 4 is 42.6 Å². The Hall–Kier alpha value is -2.29. The molecule has 1 saturated heterocycles. The molecule has 1 aliphatic heterocycles. The number of carbonyl (C=O) groups is 1. The molecule has 0 radical (unpaired) electrons. The molecule has 1 atom stereocenters. The Balaban J connectivity index is 1.49. The molecule has 152 valence electrons. The first kappa shape index (κ1) is 20.0. The highest BCUT2D eigenvalue weighted by Crippen LogP contribution is 2.29. The standard InChI is InChI=1S/C21H23N3O3S2/c1-15-9-11-17(12-10-15)29(26,27)24-13-5-4-6-16(24)14-20(25)23-21-22-18-7-2-3-8-19(18)28-21/h2-3,7-12,16H,4-6,13-14H2,1H3,(H,22,23,25). The molecule has 1 fully saturated rings. The molecule has 2 heterocycles. The summed E-state index contributed by atoms with van der Waals surface area (Å²) >= 11 is 1.42. The number of anilines is 1. The van der Waals surface area contributed by atoms with E-state index in [9.17, 15) is 13.2 Å².